The van der Waals surface area contributed by atoms with Gasteiger partial charge in [-0.3, -0.25) is 14.5 Å². The minimum absolute atomic E-state index is 0.0393. The predicted octanol–water partition coefficient (Wildman–Crippen LogP) is 3.55. The number of halogens is 3. The second-order valence-corrected chi connectivity index (χ2v) is 8.02. The van der Waals surface area contributed by atoms with Gasteiger partial charge in [0.25, 0.3) is 5.92 Å². The number of H-pyrrole nitrogens is 1. The molecule has 11 heteroatoms. The van der Waals surface area contributed by atoms with Crippen LogP contribution in [0.15, 0.2) is 59.5 Å². The van der Waals surface area contributed by atoms with E-state index in [1.54, 1.807) is 11.8 Å². The van der Waals surface area contributed by atoms with E-state index in [1.165, 1.54) is 54.7 Å². The van der Waals surface area contributed by atoms with Gasteiger partial charge in [0, 0.05) is 37.8 Å². The fourth-order valence-corrected chi connectivity index (χ4v) is 3.73. The van der Waals surface area contributed by atoms with Crippen LogP contribution in [0.5, 0.6) is 11.6 Å². The summed E-state index contributed by atoms with van der Waals surface area (Å²) in [4.78, 5) is 28.1. The molecule has 1 aromatic carbocycles. The molecule has 2 aromatic heterocycles. The molecule has 3 aromatic rings. The lowest BCUT2D eigenvalue weighted by atomic mass is 9.87. The highest BCUT2D eigenvalue weighted by Gasteiger charge is 2.46. The number of pyridine rings is 1. The highest BCUT2D eigenvalue weighted by Crippen LogP contribution is 2.40. The molecule has 2 atom stereocenters. The number of piperidine rings is 1. The Kier molecular flexibility index (Phi) is 6.64. The molecule has 1 saturated heterocycles. The molecule has 1 aliphatic rings. The third kappa shape index (κ3) is 5.42. The van der Waals surface area contributed by atoms with E-state index in [4.69, 9.17) is 4.74 Å². The van der Waals surface area contributed by atoms with Crippen LogP contribution in [0.1, 0.15) is 24.8 Å². The Morgan fingerprint density at radius 1 is 1.18 bits per heavy atom. The number of hydrogen-bond donors (Lipinski definition) is 2. The first-order valence-electron chi connectivity index (χ1n) is 10.6. The molecule has 34 heavy (non-hydrogen) atoms. The lowest BCUT2D eigenvalue weighted by molar-refractivity contribution is -0.125. The predicted molar refractivity (Wildman–Crippen MR) is 118 cm³/mol. The van der Waals surface area contributed by atoms with E-state index in [0.717, 1.165) is 0 Å². The second kappa shape index (κ2) is 9.64. The molecule has 1 unspecified atom stereocenters. The lowest BCUT2D eigenvalue weighted by Crippen LogP contribution is -2.52. The number of alkyl halides is 2. The molecule has 8 nitrogen and oxygen atoms in total. The Morgan fingerprint density at radius 3 is 2.59 bits per heavy atom. The van der Waals surface area contributed by atoms with E-state index in [2.05, 4.69) is 20.5 Å². The van der Waals surface area contributed by atoms with Gasteiger partial charge in [-0.2, -0.15) is 0 Å². The average molecular weight is 473 g/mol. The molecule has 1 aliphatic heterocycles. The van der Waals surface area contributed by atoms with Gasteiger partial charge in [0.05, 0.1) is 12.0 Å². The van der Waals surface area contributed by atoms with Gasteiger partial charge >= 0.3 is 0 Å². The summed E-state index contributed by atoms with van der Waals surface area (Å²) >= 11 is 0. The molecule has 1 amide bonds. The van der Waals surface area contributed by atoms with E-state index in [0.29, 0.717) is 11.3 Å². The Bertz CT molecular complexity index is 1180. The molecular formula is C23H22F3N5O3. The number of hydrogen-bond acceptors (Lipinski definition) is 6. The maximum absolute atomic E-state index is 14.6. The van der Waals surface area contributed by atoms with Crippen molar-refractivity contribution in [3.8, 4) is 11.6 Å². The van der Waals surface area contributed by atoms with Crippen molar-refractivity contribution < 1.29 is 22.7 Å². The molecule has 0 saturated carbocycles. The third-order valence-corrected chi connectivity index (χ3v) is 5.72. The minimum atomic E-state index is -2.96. The summed E-state index contributed by atoms with van der Waals surface area (Å²) in [6.45, 7) is 1.61. The number of aromatic nitrogens is 3. The van der Waals surface area contributed by atoms with Gasteiger partial charge in [0.1, 0.15) is 11.6 Å². The highest BCUT2D eigenvalue weighted by atomic mass is 19.3. The van der Waals surface area contributed by atoms with Crippen LogP contribution in [0.4, 0.5) is 19.0 Å². The van der Waals surface area contributed by atoms with Crippen LogP contribution in [0, 0.1) is 5.82 Å². The van der Waals surface area contributed by atoms with E-state index >= 15 is 0 Å². The number of anilines is 1. The van der Waals surface area contributed by atoms with Gasteiger partial charge in [-0.25, -0.2) is 13.2 Å². The minimum Gasteiger partial charge on any atom is -0.438 e. The Hall–Kier alpha value is -3.73. The number of carbonyl (C=O) groups excluding carboxylic acids is 1. The number of aromatic amines is 1. The van der Waals surface area contributed by atoms with Crippen LogP contribution < -0.4 is 15.6 Å². The normalized spacial score (nSPS) is 18.8. The molecule has 0 radical (unpaired) electrons. The summed E-state index contributed by atoms with van der Waals surface area (Å²) in [5.74, 6) is -4.24. The van der Waals surface area contributed by atoms with Gasteiger partial charge in [-0.15, -0.1) is 10.2 Å². The SMILES string of the molecule is CC(C(=O)Nc1ccc(Oc2ccc(F)cc2)nn1)N1CCC(F)(F)[C@@H](c2ccc(=O)[nH]c2)C1. The van der Waals surface area contributed by atoms with Crippen molar-refractivity contribution in [2.75, 3.05) is 18.4 Å². The Labute approximate surface area is 192 Å². The van der Waals surface area contributed by atoms with Crippen LogP contribution in [-0.2, 0) is 4.79 Å². The molecule has 0 aliphatic carbocycles. The standard InChI is InChI=1S/C23H22F3N5O3/c1-14(31-11-10-23(25,26)18(13-31)15-2-8-20(32)27-12-15)22(33)28-19-7-9-21(30-29-19)34-17-5-3-16(24)4-6-17/h2-9,12,14,18H,10-11,13H2,1H3,(H,27,32)(H,28,29,33)/t14?,18-/m1/s1. The highest BCUT2D eigenvalue weighted by molar-refractivity contribution is 5.93. The summed E-state index contributed by atoms with van der Waals surface area (Å²) in [5, 5.41) is 10.4. The van der Waals surface area contributed by atoms with Crippen LogP contribution in [0.25, 0.3) is 0 Å². The number of rotatable bonds is 6. The van der Waals surface area contributed by atoms with Gasteiger partial charge in [-0.1, -0.05) is 6.07 Å². The summed E-state index contributed by atoms with van der Waals surface area (Å²) in [6, 6.07) is 10.2. The number of ether oxygens (including phenoxy) is 1. The summed E-state index contributed by atoms with van der Waals surface area (Å²) in [6.07, 6.45) is 0.879. The second-order valence-electron chi connectivity index (χ2n) is 8.02. The molecule has 4 rings (SSSR count). The maximum Gasteiger partial charge on any atom is 0.257 e. The Morgan fingerprint density at radius 2 is 1.94 bits per heavy atom. The summed E-state index contributed by atoms with van der Waals surface area (Å²) in [5.41, 5.74) is -0.0628. The molecule has 0 spiro atoms. The van der Waals surface area contributed by atoms with Gasteiger partial charge in [-0.05, 0) is 42.8 Å². The third-order valence-electron chi connectivity index (χ3n) is 5.72. The smallest absolute Gasteiger partial charge is 0.257 e. The number of nitrogens with zero attached hydrogens (tertiary/aromatic N) is 3. The number of likely N-dealkylation sites (tertiary alicyclic amines) is 1. The van der Waals surface area contributed by atoms with E-state index < -0.39 is 36.0 Å². The van der Waals surface area contributed by atoms with Crippen molar-refractivity contribution >= 4 is 11.7 Å². The topological polar surface area (TPSA) is 100 Å². The van der Waals surface area contributed by atoms with Crippen molar-refractivity contribution in [2.45, 2.75) is 31.2 Å². The first-order chi connectivity index (χ1) is 16.2. The van der Waals surface area contributed by atoms with Crippen molar-refractivity contribution in [3.05, 3.63) is 76.5 Å². The van der Waals surface area contributed by atoms with Gasteiger partial charge in [0.15, 0.2) is 5.82 Å². The summed E-state index contributed by atoms with van der Waals surface area (Å²) in [7, 11) is 0. The monoisotopic (exact) mass is 473 g/mol. The van der Waals surface area contributed by atoms with Crippen LogP contribution in [0.3, 0.4) is 0 Å². The molecule has 3 heterocycles. The largest absolute Gasteiger partial charge is 0.438 e. The Balaban J connectivity index is 1.38. The summed E-state index contributed by atoms with van der Waals surface area (Å²) < 4.78 is 47.6. The molecule has 2 N–H and O–H groups in total. The van der Waals surface area contributed by atoms with Crippen LogP contribution in [-0.4, -0.2) is 51.0 Å². The number of amides is 1. The lowest BCUT2D eigenvalue weighted by Gasteiger charge is -2.40. The van der Waals surface area contributed by atoms with Crippen molar-refractivity contribution in [1.29, 1.82) is 0 Å². The fraction of sp³-hybridized carbons (Fsp3) is 0.304. The van der Waals surface area contributed by atoms with E-state index in [9.17, 15) is 22.8 Å². The molecule has 1 fully saturated rings. The van der Waals surface area contributed by atoms with E-state index in [1.807, 2.05) is 0 Å². The zero-order valence-electron chi connectivity index (χ0n) is 18.2. The van der Waals surface area contributed by atoms with Crippen molar-refractivity contribution in [3.63, 3.8) is 0 Å². The number of benzene rings is 1. The number of nitrogens with one attached hydrogen (secondary N) is 2. The number of carbonyl (C=O) groups is 1. The fourth-order valence-electron chi connectivity index (χ4n) is 3.73. The van der Waals surface area contributed by atoms with E-state index in [-0.39, 0.29) is 30.3 Å². The van der Waals surface area contributed by atoms with Crippen molar-refractivity contribution in [1.82, 2.24) is 20.1 Å². The molecular weight excluding hydrogens is 451 g/mol. The quantitative estimate of drug-likeness (QED) is 0.568. The first kappa shape index (κ1) is 23.4. The van der Waals surface area contributed by atoms with Crippen LogP contribution >= 0.6 is 0 Å². The zero-order chi connectivity index (χ0) is 24.3. The zero-order valence-corrected chi connectivity index (χ0v) is 18.2. The molecule has 0 bridgehead atoms. The molecule has 178 valence electrons. The average Bonchev–Trinajstić information content (AvgIpc) is 2.82. The van der Waals surface area contributed by atoms with Crippen LogP contribution in [0.2, 0.25) is 0 Å². The van der Waals surface area contributed by atoms with Gasteiger partial charge < -0.3 is 15.0 Å². The first-order valence-corrected chi connectivity index (χ1v) is 10.6. The van der Waals surface area contributed by atoms with Gasteiger partial charge in [0.2, 0.25) is 17.3 Å². The maximum atomic E-state index is 14.6. The van der Waals surface area contributed by atoms with Crippen molar-refractivity contribution in [2.24, 2.45) is 0 Å².